The van der Waals surface area contributed by atoms with Crippen LogP contribution in [0.25, 0.3) is 5.76 Å². The Bertz CT molecular complexity index is 625. The molecule has 0 spiro atoms. The van der Waals surface area contributed by atoms with Gasteiger partial charge in [0.15, 0.2) is 0 Å². The summed E-state index contributed by atoms with van der Waals surface area (Å²) < 4.78 is 113. The number of halogens is 9. The number of carbonyl (C=O) groups excluding carboxylic acids is 1. The Balaban J connectivity index is 2.96. The van der Waals surface area contributed by atoms with E-state index in [0.717, 1.165) is 0 Å². The molecule has 0 unspecified atom stereocenters. The van der Waals surface area contributed by atoms with Gasteiger partial charge in [-0.1, -0.05) is 12.1 Å². The zero-order valence-electron chi connectivity index (χ0n) is 11.6. The lowest BCUT2D eigenvalue weighted by atomic mass is 10.1. The Morgan fingerprint density at radius 1 is 0.920 bits per heavy atom. The molecule has 1 aromatic rings. The van der Waals surface area contributed by atoms with E-state index in [1.165, 1.54) is 0 Å². The molecule has 140 valence electrons. The molecule has 0 bridgehead atoms. The number of benzene rings is 1. The van der Waals surface area contributed by atoms with E-state index in [9.17, 15) is 49.4 Å². The molecular weight excluding hydrogens is 375 g/mol. The Morgan fingerprint density at radius 3 is 1.72 bits per heavy atom. The van der Waals surface area contributed by atoms with Gasteiger partial charge >= 0.3 is 24.5 Å². The lowest BCUT2D eigenvalue weighted by Crippen LogP contribution is -2.45. The fourth-order valence-corrected chi connectivity index (χ4v) is 1.49. The fourth-order valence-electron chi connectivity index (χ4n) is 1.49. The van der Waals surface area contributed by atoms with Crippen LogP contribution in [0.4, 0.5) is 39.5 Å². The number of esters is 1. The molecule has 0 heterocycles. The summed E-state index contributed by atoms with van der Waals surface area (Å²) in [5.41, 5.74) is -1.58. The van der Waals surface area contributed by atoms with Crippen molar-refractivity contribution in [3.05, 3.63) is 41.5 Å². The molecule has 0 aliphatic rings. The van der Waals surface area contributed by atoms with Crippen molar-refractivity contribution in [3.8, 4) is 0 Å². The third kappa shape index (κ3) is 5.87. The highest BCUT2D eigenvalue weighted by molar-refractivity contribution is 5.89. The van der Waals surface area contributed by atoms with Gasteiger partial charge in [-0.3, -0.25) is 0 Å². The second-order valence-corrected chi connectivity index (χ2v) is 4.50. The van der Waals surface area contributed by atoms with E-state index in [4.69, 9.17) is 0 Å². The first kappa shape index (κ1) is 20.6. The Hall–Kier alpha value is -2.40. The fraction of sp³-hybridized carbons (Fsp3) is 0.308. The van der Waals surface area contributed by atoms with Crippen molar-refractivity contribution in [2.75, 3.05) is 0 Å². The number of ether oxygens (including phenoxy) is 1. The van der Waals surface area contributed by atoms with Gasteiger partial charge in [-0.05, 0) is 12.1 Å². The molecule has 0 saturated carbocycles. The molecule has 0 aliphatic heterocycles. The van der Waals surface area contributed by atoms with Gasteiger partial charge in [0, 0.05) is 5.56 Å². The summed E-state index contributed by atoms with van der Waals surface area (Å²) in [4.78, 5) is 11.1. The number of carbonyl (C=O) groups is 1. The van der Waals surface area contributed by atoms with Crippen molar-refractivity contribution in [2.24, 2.45) is 0 Å². The minimum atomic E-state index is -5.94. The number of rotatable bonds is 3. The highest BCUT2D eigenvalue weighted by Crippen LogP contribution is 2.36. The predicted octanol–water partition coefficient (Wildman–Crippen LogP) is 4.64. The van der Waals surface area contributed by atoms with Crippen LogP contribution in [0.5, 0.6) is 0 Å². The van der Waals surface area contributed by atoms with Crippen LogP contribution in [-0.4, -0.2) is 29.5 Å². The van der Waals surface area contributed by atoms with Crippen LogP contribution in [-0.2, 0) is 15.7 Å². The molecule has 1 rings (SSSR count). The standard InChI is InChI=1S/C13H7F9O3/c14-11(15,16)7-3-1-6(2-4-7)8(23)5-9(24)25-10(12(17,18)19)13(20,21)22/h1-5,10,23H/b8-5-. The van der Waals surface area contributed by atoms with Crippen LogP contribution < -0.4 is 0 Å². The maximum absolute atomic E-state index is 12.3. The van der Waals surface area contributed by atoms with E-state index in [1.54, 1.807) is 0 Å². The summed E-state index contributed by atoms with van der Waals surface area (Å²) in [6.07, 6.45) is -21.1. The molecule has 25 heavy (non-hydrogen) atoms. The van der Waals surface area contributed by atoms with Gasteiger partial charge in [0.1, 0.15) is 5.76 Å². The van der Waals surface area contributed by atoms with E-state index in [-0.39, 0.29) is 6.08 Å². The molecule has 0 atom stereocenters. The summed E-state index contributed by atoms with van der Waals surface area (Å²) in [7, 11) is 0. The monoisotopic (exact) mass is 382 g/mol. The van der Waals surface area contributed by atoms with Crippen molar-refractivity contribution in [1.82, 2.24) is 0 Å². The summed E-state index contributed by atoms with van der Waals surface area (Å²) in [5.74, 6) is -3.36. The van der Waals surface area contributed by atoms with Crippen molar-refractivity contribution < 1.29 is 54.2 Å². The third-order valence-electron chi connectivity index (χ3n) is 2.59. The minimum absolute atomic E-state index is 0.118. The average Bonchev–Trinajstić information content (AvgIpc) is 2.41. The van der Waals surface area contributed by atoms with E-state index >= 15 is 0 Å². The number of aliphatic hydroxyl groups is 1. The Labute approximate surface area is 133 Å². The van der Waals surface area contributed by atoms with E-state index in [0.29, 0.717) is 24.3 Å². The molecular formula is C13H7F9O3. The maximum atomic E-state index is 12.3. The zero-order valence-corrected chi connectivity index (χ0v) is 11.6. The Kier molecular flexibility index (Phi) is 5.65. The quantitative estimate of drug-likeness (QED) is 0.359. The van der Waals surface area contributed by atoms with Crippen LogP contribution >= 0.6 is 0 Å². The molecule has 1 N–H and O–H groups in total. The van der Waals surface area contributed by atoms with Gasteiger partial charge in [0.25, 0.3) is 6.10 Å². The summed E-state index contributed by atoms with van der Waals surface area (Å²) in [6, 6.07) is 2.29. The van der Waals surface area contributed by atoms with E-state index < -0.39 is 47.5 Å². The van der Waals surface area contributed by atoms with Crippen molar-refractivity contribution in [3.63, 3.8) is 0 Å². The van der Waals surface area contributed by atoms with E-state index in [2.05, 4.69) is 4.74 Å². The topological polar surface area (TPSA) is 46.5 Å². The van der Waals surface area contributed by atoms with Crippen molar-refractivity contribution in [1.29, 1.82) is 0 Å². The highest BCUT2D eigenvalue weighted by Gasteiger charge is 2.59. The van der Waals surface area contributed by atoms with Crippen molar-refractivity contribution in [2.45, 2.75) is 24.6 Å². The number of alkyl halides is 9. The van der Waals surface area contributed by atoms with Gasteiger partial charge in [-0.25, -0.2) is 4.79 Å². The van der Waals surface area contributed by atoms with Gasteiger partial charge in [-0.2, -0.15) is 39.5 Å². The first-order chi connectivity index (χ1) is 11.1. The zero-order chi connectivity index (χ0) is 19.6. The summed E-state index contributed by atoms with van der Waals surface area (Å²) in [5, 5.41) is 9.42. The van der Waals surface area contributed by atoms with Gasteiger partial charge < -0.3 is 9.84 Å². The summed E-state index contributed by atoms with van der Waals surface area (Å²) >= 11 is 0. The second-order valence-electron chi connectivity index (χ2n) is 4.50. The largest absolute Gasteiger partial charge is 0.507 e. The minimum Gasteiger partial charge on any atom is -0.507 e. The van der Waals surface area contributed by atoms with Crippen LogP contribution in [0.3, 0.4) is 0 Å². The number of hydrogen-bond donors (Lipinski definition) is 1. The molecule has 0 aromatic heterocycles. The smallest absolute Gasteiger partial charge is 0.434 e. The van der Waals surface area contributed by atoms with Gasteiger partial charge in [0.05, 0.1) is 11.6 Å². The third-order valence-corrected chi connectivity index (χ3v) is 2.59. The lowest BCUT2D eigenvalue weighted by molar-refractivity contribution is -0.312. The summed E-state index contributed by atoms with van der Waals surface area (Å²) in [6.45, 7) is 0. The molecule has 0 radical (unpaired) electrons. The molecule has 1 aromatic carbocycles. The number of hydrogen-bond acceptors (Lipinski definition) is 3. The van der Waals surface area contributed by atoms with Crippen LogP contribution in [0.1, 0.15) is 11.1 Å². The normalized spacial score (nSPS) is 13.9. The number of aliphatic hydroxyl groups excluding tert-OH is 1. The van der Waals surface area contributed by atoms with E-state index in [1.807, 2.05) is 0 Å². The van der Waals surface area contributed by atoms with Gasteiger partial charge in [-0.15, -0.1) is 0 Å². The predicted molar refractivity (Wildman–Crippen MR) is 64.0 cm³/mol. The Morgan fingerprint density at radius 2 is 1.36 bits per heavy atom. The lowest BCUT2D eigenvalue weighted by Gasteiger charge is -2.22. The molecule has 0 fully saturated rings. The molecule has 12 heteroatoms. The molecule has 0 saturated heterocycles. The highest BCUT2D eigenvalue weighted by atomic mass is 19.4. The average molecular weight is 382 g/mol. The first-order valence-corrected chi connectivity index (χ1v) is 6.04. The first-order valence-electron chi connectivity index (χ1n) is 6.04. The van der Waals surface area contributed by atoms with Crippen LogP contribution in [0, 0.1) is 0 Å². The molecule has 3 nitrogen and oxygen atoms in total. The second kappa shape index (κ2) is 6.84. The molecule has 0 aliphatic carbocycles. The molecule has 0 amide bonds. The van der Waals surface area contributed by atoms with Gasteiger partial charge in [0.2, 0.25) is 0 Å². The van der Waals surface area contributed by atoms with Crippen LogP contribution in [0.2, 0.25) is 0 Å². The van der Waals surface area contributed by atoms with Crippen LogP contribution in [0.15, 0.2) is 30.3 Å². The maximum Gasteiger partial charge on any atom is 0.434 e. The SMILES string of the molecule is O=C(/C=C(\O)c1ccc(C(F)(F)F)cc1)OC(C(F)(F)F)C(F)(F)F. The van der Waals surface area contributed by atoms with Crippen molar-refractivity contribution >= 4 is 11.7 Å².